The van der Waals surface area contributed by atoms with Gasteiger partial charge in [0.05, 0.1) is 7.11 Å². The Bertz CT molecular complexity index is 289. The molecule has 0 saturated heterocycles. The zero-order valence-corrected chi connectivity index (χ0v) is 9.49. The van der Waals surface area contributed by atoms with Crippen molar-refractivity contribution in [2.45, 2.75) is 32.2 Å². The van der Waals surface area contributed by atoms with Gasteiger partial charge in [0.25, 0.3) is 0 Å². The highest BCUT2D eigenvalue weighted by molar-refractivity contribution is 5.33. The largest absolute Gasteiger partial charge is 0.496 e. The highest BCUT2D eigenvalue weighted by Crippen LogP contribution is 2.19. The lowest BCUT2D eigenvalue weighted by Crippen LogP contribution is -2.36. The SMILES string of the molecule is CCCC(Cc1ccccc1OC)NN. The number of benzene rings is 1. The van der Waals surface area contributed by atoms with Gasteiger partial charge < -0.3 is 4.74 Å². The van der Waals surface area contributed by atoms with Crippen molar-refractivity contribution in [2.24, 2.45) is 5.84 Å². The van der Waals surface area contributed by atoms with Crippen LogP contribution in [0, 0.1) is 0 Å². The highest BCUT2D eigenvalue weighted by atomic mass is 16.5. The first-order valence-corrected chi connectivity index (χ1v) is 5.39. The van der Waals surface area contributed by atoms with Crippen LogP contribution in [0.3, 0.4) is 0 Å². The molecule has 0 fully saturated rings. The molecule has 0 aliphatic heterocycles. The van der Waals surface area contributed by atoms with Crippen molar-refractivity contribution in [3.8, 4) is 5.75 Å². The number of nitrogens with two attached hydrogens (primary N) is 1. The molecule has 1 aromatic rings. The van der Waals surface area contributed by atoms with E-state index in [4.69, 9.17) is 10.6 Å². The number of para-hydroxylation sites is 1. The molecular weight excluding hydrogens is 188 g/mol. The Labute approximate surface area is 91.6 Å². The van der Waals surface area contributed by atoms with Gasteiger partial charge in [-0.25, -0.2) is 0 Å². The highest BCUT2D eigenvalue weighted by Gasteiger charge is 2.09. The molecule has 3 heteroatoms. The summed E-state index contributed by atoms with van der Waals surface area (Å²) in [6.45, 7) is 2.16. The molecule has 1 rings (SSSR count). The van der Waals surface area contributed by atoms with Crippen molar-refractivity contribution < 1.29 is 4.74 Å². The fourth-order valence-electron chi connectivity index (χ4n) is 1.73. The number of hydrogen-bond donors (Lipinski definition) is 2. The predicted octanol–water partition coefficient (Wildman–Crippen LogP) is 1.87. The second-order valence-electron chi connectivity index (χ2n) is 3.67. The van der Waals surface area contributed by atoms with E-state index in [1.54, 1.807) is 7.11 Å². The lowest BCUT2D eigenvalue weighted by molar-refractivity contribution is 0.402. The van der Waals surface area contributed by atoms with E-state index in [1.807, 2.05) is 18.2 Å². The molecular formula is C12H20N2O. The number of methoxy groups -OCH3 is 1. The van der Waals surface area contributed by atoms with E-state index >= 15 is 0 Å². The van der Waals surface area contributed by atoms with E-state index in [9.17, 15) is 0 Å². The monoisotopic (exact) mass is 208 g/mol. The van der Waals surface area contributed by atoms with Crippen LogP contribution in [0.2, 0.25) is 0 Å². The molecule has 1 aromatic carbocycles. The third-order valence-corrected chi connectivity index (χ3v) is 2.53. The topological polar surface area (TPSA) is 47.3 Å². The summed E-state index contributed by atoms with van der Waals surface area (Å²) < 4.78 is 5.30. The molecule has 3 N–H and O–H groups in total. The molecule has 1 unspecified atom stereocenters. The maximum atomic E-state index is 5.51. The van der Waals surface area contributed by atoms with Gasteiger partial charge in [0.1, 0.15) is 5.75 Å². The molecule has 0 aromatic heterocycles. The minimum atomic E-state index is 0.325. The Morgan fingerprint density at radius 2 is 2.13 bits per heavy atom. The maximum absolute atomic E-state index is 5.51. The zero-order chi connectivity index (χ0) is 11.1. The van der Waals surface area contributed by atoms with Gasteiger partial charge in [-0.05, 0) is 24.5 Å². The number of nitrogens with one attached hydrogen (secondary N) is 1. The Morgan fingerprint density at radius 1 is 1.40 bits per heavy atom. The summed E-state index contributed by atoms with van der Waals surface area (Å²) in [5.74, 6) is 6.45. The maximum Gasteiger partial charge on any atom is 0.122 e. The van der Waals surface area contributed by atoms with E-state index in [0.717, 1.165) is 25.0 Å². The van der Waals surface area contributed by atoms with Crippen LogP contribution in [-0.4, -0.2) is 13.2 Å². The van der Waals surface area contributed by atoms with Gasteiger partial charge in [-0.15, -0.1) is 0 Å². The summed E-state index contributed by atoms with van der Waals surface area (Å²) in [7, 11) is 1.70. The van der Waals surface area contributed by atoms with Crippen molar-refractivity contribution in [1.29, 1.82) is 0 Å². The van der Waals surface area contributed by atoms with Crippen LogP contribution in [0.4, 0.5) is 0 Å². The van der Waals surface area contributed by atoms with Crippen molar-refractivity contribution in [1.82, 2.24) is 5.43 Å². The Balaban J connectivity index is 2.69. The molecule has 0 bridgehead atoms. The Hall–Kier alpha value is -1.06. The van der Waals surface area contributed by atoms with E-state index in [-0.39, 0.29) is 0 Å². The summed E-state index contributed by atoms with van der Waals surface area (Å²) in [6, 6.07) is 8.39. The van der Waals surface area contributed by atoms with Crippen LogP contribution in [-0.2, 0) is 6.42 Å². The predicted molar refractivity (Wildman–Crippen MR) is 62.7 cm³/mol. The van der Waals surface area contributed by atoms with Crippen molar-refractivity contribution >= 4 is 0 Å². The molecule has 0 aliphatic rings. The van der Waals surface area contributed by atoms with Crippen molar-refractivity contribution in [2.75, 3.05) is 7.11 Å². The first kappa shape index (κ1) is 12.0. The van der Waals surface area contributed by atoms with E-state index in [1.165, 1.54) is 5.56 Å². The summed E-state index contributed by atoms with van der Waals surface area (Å²) in [5, 5.41) is 0. The lowest BCUT2D eigenvalue weighted by atomic mass is 10.0. The van der Waals surface area contributed by atoms with Crippen LogP contribution in [0.5, 0.6) is 5.75 Å². The first-order chi connectivity index (χ1) is 7.31. The average Bonchev–Trinajstić information content (AvgIpc) is 2.29. The normalized spacial score (nSPS) is 12.5. The molecule has 0 amide bonds. The second kappa shape index (κ2) is 6.43. The van der Waals surface area contributed by atoms with Gasteiger partial charge in [0, 0.05) is 6.04 Å². The molecule has 0 saturated carbocycles. The van der Waals surface area contributed by atoms with Crippen LogP contribution < -0.4 is 16.0 Å². The fourth-order valence-corrected chi connectivity index (χ4v) is 1.73. The van der Waals surface area contributed by atoms with Gasteiger partial charge in [-0.1, -0.05) is 31.5 Å². The first-order valence-electron chi connectivity index (χ1n) is 5.39. The van der Waals surface area contributed by atoms with Gasteiger partial charge in [0.15, 0.2) is 0 Å². The quantitative estimate of drug-likeness (QED) is 0.554. The van der Waals surface area contributed by atoms with Gasteiger partial charge >= 0.3 is 0 Å². The van der Waals surface area contributed by atoms with Gasteiger partial charge in [-0.2, -0.15) is 0 Å². The summed E-state index contributed by atoms with van der Waals surface area (Å²) >= 11 is 0. The Kier molecular flexibility index (Phi) is 5.15. The molecule has 0 radical (unpaired) electrons. The van der Waals surface area contributed by atoms with Crippen LogP contribution in [0.1, 0.15) is 25.3 Å². The smallest absolute Gasteiger partial charge is 0.122 e. The van der Waals surface area contributed by atoms with Crippen LogP contribution in [0.25, 0.3) is 0 Å². The summed E-state index contributed by atoms with van der Waals surface area (Å²) in [6.07, 6.45) is 3.12. The average molecular weight is 208 g/mol. The van der Waals surface area contributed by atoms with Crippen LogP contribution in [0.15, 0.2) is 24.3 Å². The Morgan fingerprint density at radius 3 is 2.73 bits per heavy atom. The second-order valence-corrected chi connectivity index (χ2v) is 3.67. The summed E-state index contributed by atoms with van der Waals surface area (Å²) in [5.41, 5.74) is 4.05. The summed E-state index contributed by atoms with van der Waals surface area (Å²) in [4.78, 5) is 0. The number of hydrogen-bond acceptors (Lipinski definition) is 3. The van der Waals surface area contributed by atoms with E-state index in [0.29, 0.717) is 6.04 Å². The standard InChI is InChI=1S/C12H20N2O/c1-3-6-11(14-13)9-10-7-4-5-8-12(10)15-2/h4-5,7-8,11,14H,3,6,9,13H2,1-2H3. The number of hydrazine groups is 1. The molecule has 15 heavy (non-hydrogen) atoms. The van der Waals surface area contributed by atoms with E-state index < -0.39 is 0 Å². The third kappa shape index (κ3) is 3.53. The van der Waals surface area contributed by atoms with Crippen LogP contribution >= 0.6 is 0 Å². The number of rotatable bonds is 6. The lowest BCUT2D eigenvalue weighted by Gasteiger charge is -2.16. The minimum Gasteiger partial charge on any atom is -0.496 e. The minimum absolute atomic E-state index is 0.325. The zero-order valence-electron chi connectivity index (χ0n) is 9.49. The van der Waals surface area contributed by atoms with E-state index in [2.05, 4.69) is 18.4 Å². The number of ether oxygens (including phenoxy) is 1. The van der Waals surface area contributed by atoms with Gasteiger partial charge in [0.2, 0.25) is 0 Å². The van der Waals surface area contributed by atoms with Crippen molar-refractivity contribution in [3.63, 3.8) is 0 Å². The molecule has 0 aliphatic carbocycles. The molecule has 0 spiro atoms. The molecule has 84 valence electrons. The van der Waals surface area contributed by atoms with Gasteiger partial charge in [-0.3, -0.25) is 11.3 Å². The van der Waals surface area contributed by atoms with Crippen molar-refractivity contribution in [3.05, 3.63) is 29.8 Å². The molecule has 1 atom stereocenters. The molecule has 0 heterocycles. The molecule has 3 nitrogen and oxygen atoms in total. The fraction of sp³-hybridized carbons (Fsp3) is 0.500. The third-order valence-electron chi connectivity index (χ3n) is 2.53.